The number of aryl methyl sites for hydroxylation is 1. The van der Waals surface area contributed by atoms with Crippen LogP contribution in [0.1, 0.15) is 17.0 Å². The summed E-state index contributed by atoms with van der Waals surface area (Å²) in [6, 6.07) is 12.8. The Labute approximate surface area is 89.5 Å². The van der Waals surface area contributed by atoms with Gasteiger partial charge in [0.2, 0.25) is 0 Å². The lowest BCUT2D eigenvalue weighted by Gasteiger charge is -2.09. The van der Waals surface area contributed by atoms with Gasteiger partial charge in [-0.1, -0.05) is 18.2 Å². The fourth-order valence-corrected chi connectivity index (χ4v) is 2.35. The number of nitrogens with one attached hydrogen (secondary N) is 1. The van der Waals surface area contributed by atoms with Crippen LogP contribution in [0.15, 0.2) is 36.4 Å². The van der Waals surface area contributed by atoms with Gasteiger partial charge in [-0.3, -0.25) is 0 Å². The lowest BCUT2D eigenvalue weighted by atomic mass is 10.3. The topological polar surface area (TPSA) is 17.0 Å². The first-order valence-electron chi connectivity index (χ1n) is 5.32. The zero-order valence-electron chi connectivity index (χ0n) is 8.83. The molecule has 0 fully saturated rings. The number of aromatic nitrogens is 1. The van der Waals surface area contributed by atoms with Gasteiger partial charge in [-0.2, -0.15) is 0 Å². The molecular formula is C13H14N2. The Morgan fingerprint density at radius 1 is 1.13 bits per heavy atom. The molecule has 0 bridgehead atoms. The van der Waals surface area contributed by atoms with Crippen molar-refractivity contribution in [2.24, 2.45) is 0 Å². The normalized spacial score (nSPS) is 14.2. The first kappa shape index (κ1) is 8.74. The van der Waals surface area contributed by atoms with Crippen molar-refractivity contribution < 1.29 is 0 Å². The van der Waals surface area contributed by atoms with Crippen LogP contribution in [0, 0.1) is 6.92 Å². The van der Waals surface area contributed by atoms with E-state index < -0.39 is 0 Å². The van der Waals surface area contributed by atoms with Gasteiger partial charge in [0.05, 0.1) is 0 Å². The summed E-state index contributed by atoms with van der Waals surface area (Å²) in [6.07, 6.45) is 0. The van der Waals surface area contributed by atoms with E-state index >= 15 is 0 Å². The van der Waals surface area contributed by atoms with Gasteiger partial charge in [-0.05, 0) is 30.7 Å². The van der Waals surface area contributed by atoms with E-state index in [0.717, 1.165) is 13.1 Å². The average molecular weight is 198 g/mol. The van der Waals surface area contributed by atoms with E-state index in [2.05, 4.69) is 53.2 Å². The first-order chi connectivity index (χ1) is 7.36. The van der Waals surface area contributed by atoms with E-state index in [1.54, 1.807) is 0 Å². The van der Waals surface area contributed by atoms with Crippen molar-refractivity contribution in [1.29, 1.82) is 0 Å². The molecule has 0 amide bonds. The molecule has 1 aliphatic heterocycles. The van der Waals surface area contributed by atoms with Gasteiger partial charge in [-0.25, -0.2) is 0 Å². The van der Waals surface area contributed by atoms with Crippen LogP contribution in [-0.4, -0.2) is 4.57 Å². The minimum absolute atomic E-state index is 0.984. The maximum Gasteiger partial charge on any atom is 0.0455 e. The highest BCUT2D eigenvalue weighted by Crippen LogP contribution is 2.24. The number of para-hydroxylation sites is 1. The minimum Gasteiger partial charge on any atom is -0.317 e. The van der Waals surface area contributed by atoms with Gasteiger partial charge in [-0.15, -0.1) is 0 Å². The molecule has 2 nitrogen and oxygen atoms in total. The highest BCUT2D eigenvalue weighted by atomic mass is 15.1. The van der Waals surface area contributed by atoms with Crippen molar-refractivity contribution >= 4 is 0 Å². The predicted octanol–water partition coefficient (Wildman–Crippen LogP) is 2.39. The lowest BCUT2D eigenvalue weighted by molar-refractivity contribution is 0.736. The smallest absolute Gasteiger partial charge is 0.0455 e. The fourth-order valence-electron chi connectivity index (χ4n) is 2.35. The van der Waals surface area contributed by atoms with Crippen molar-refractivity contribution in [2.75, 3.05) is 0 Å². The SMILES string of the molecule is Cc1cc2c(n1-c1ccccc1)CNC2. The van der Waals surface area contributed by atoms with Gasteiger partial charge in [0, 0.05) is 30.2 Å². The summed E-state index contributed by atoms with van der Waals surface area (Å²) in [4.78, 5) is 0. The van der Waals surface area contributed by atoms with E-state index in [1.807, 2.05) is 0 Å². The Balaban J connectivity index is 2.20. The summed E-state index contributed by atoms with van der Waals surface area (Å²) >= 11 is 0. The molecule has 0 saturated carbocycles. The van der Waals surface area contributed by atoms with Gasteiger partial charge < -0.3 is 9.88 Å². The van der Waals surface area contributed by atoms with Crippen LogP contribution in [0.5, 0.6) is 0 Å². The monoisotopic (exact) mass is 198 g/mol. The summed E-state index contributed by atoms with van der Waals surface area (Å²) in [6.45, 7) is 4.17. The second-order valence-electron chi connectivity index (χ2n) is 4.03. The maximum atomic E-state index is 3.38. The van der Waals surface area contributed by atoms with E-state index in [1.165, 1.54) is 22.6 Å². The summed E-state index contributed by atoms with van der Waals surface area (Å²) in [5, 5.41) is 3.38. The van der Waals surface area contributed by atoms with Gasteiger partial charge in [0.25, 0.3) is 0 Å². The zero-order chi connectivity index (χ0) is 10.3. The molecule has 0 spiro atoms. The average Bonchev–Trinajstić information content (AvgIpc) is 2.78. The second kappa shape index (κ2) is 3.24. The standard InChI is InChI=1S/C13H14N2/c1-10-7-11-8-14-9-13(11)15(10)12-5-3-2-4-6-12/h2-7,14H,8-9H2,1H3. The largest absolute Gasteiger partial charge is 0.317 e. The highest BCUT2D eigenvalue weighted by molar-refractivity contribution is 5.42. The van der Waals surface area contributed by atoms with Crippen LogP contribution in [0.4, 0.5) is 0 Å². The van der Waals surface area contributed by atoms with Gasteiger partial charge >= 0.3 is 0 Å². The molecule has 0 unspecified atom stereocenters. The first-order valence-corrected chi connectivity index (χ1v) is 5.32. The summed E-state index contributed by atoms with van der Waals surface area (Å²) < 4.78 is 2.34. The van der Waals surface area contributed by atoms with Gasteiger partial charge in [0.1, 0.15) is 0 Å². The molecule has 1 aromatic heterocycles. The molecule has 15 heavy (non-hydrogen) atoms. The molecule has 2 heteroatoms. The molecule has 0 radical (unpaired) electrons. The highest BCUT2D eigenvalue weighted by Gasteiger charge is 2.17. The van der Waals surface area contributed by atoms with Crippen LogP contribution >= 0.6 is 0 Å². The number of benzene rings is 1. The predicted molar refractivity (Wildman–Crippen MR) is 61.0 cm³/mol. The molecule has 3 rings (SSSR count). The third-order valence-corrected chi connectivity index (χ3v) is 3.00. The Morgan fingerprint density at radius 3 is 2.73 bits per heavy atom. The quantitative estimate of drug-likeness (QED) is 0.744. The number of fused-ring (bicyclic) bond motifs is 1. The second-order valence-corrected chi connectivity index (χ2v) is 4.03. The third-order valence-electron chi connectivity index (χ3n) is 3.00. The van der Waals surface area contributed by atoms with Crippen LogP contribution in [0.3, 0.4) is 0 Å². The van der Waals surface area contributed by atoms with E-state index in [4.69, 9.17) is 0 Å². The minimum atomic E-state index is 0.984. The van der Waals surface area contributed by atoms with Crippen LogP contribution < -0.4 is 5.32 Å². The maximum absolute atomic E-state index is 3.38. The van der Waals surface area contributed by atoms with Gasteiger partial charge in [0.15, 0.2) is 0 Å². The van der Waals surface area contributed by atoms with Crippen molar-refractivity contribution in [3.8, 4) is 5.69 Å². The zero-order valence-corrected chi connectivity index (χ0v) is 8.83. The molecular weight excluding hydrogens is 184 g/mol. The summed E-state index contributed by atoms with van der Waals surface area (Å²) in [5.41, 5.74) is 5.45. The molecule has 0 saturated heterocycles. The Hall–Kier alpha value is -1.54. The Kier molecular flexibility index (Phi) is 1.89. The number of hydrogen-bond acceptors (Lipinski definition) is 1. The van der Waals surface area contributed by atoms with E-state index in [-0.39, 0.29) is 0 Å². The number of rotatable bonds is 1. The summed E-state index contributed by atoms with van der Waals surface area (Å²) in [7, 11) is 0. The van der Waals surface area contributed by atoms with E-state index in [0.29, 0.717) is 0 Å². The molecule has 1 aliphatic rings. The number of hydrogen-bond donors (Lipinski definition) is 1. The number of nitrogens with zero attached hydrogens (tertiary/aromatic N) is 1. The van der Waals surface area contributed by atoms with Crippen molar-refractivity contribution in [3.63, 3.8) is 0 Å². The van der Waals surface area contributed by atoms with Crippen molar-refractivity contribution in [1.82, 2.24) is 9.88 Å². The van der Waals surface area contributed by atoms with Crippen LogP contribution in [-0.2, 0) is 13.1 Å². The molecule has 2 aromatic rings. The Morgan fingerprint density at radius 2 is 1.93 bits per heavy atom. The molecule has 76 valence electrons. The molecule has 1 N–H and O–H groups in total. The van der Waals surface area contributed by atoms with Crippen LogP contribution in [0.25, 0.3) is 5.69 Å². The molecule has 0 aliphatic carbocycles. The molecule has 2 heterocycles. The van der Waals surface area contributed by atoms with E-state index in [9.17, 15) is 0 Å². The molecule has 0 atom stereocenters. The van der Waals surface area contributed by atoms with Crippen molar-refractivity contribution in [3.05, 3.63) is 53.3 Å². The third kappa shape index (κ3) is 1.29. The van der Waals surface area contributed by atoms with Crippen LogP contribution in [0.2, 0.25) is 0 Å². The van der Waals surface area contributed by atoms with Crippen molar-refractivity contribution in [2.45, 2.75) is 20.0 Å². The fraction of sp³-hybridized carbons (Fsp3) is 0.231. The Bertz CT molecular complexity index is 483. The molecule has 1 aromatic carbocycles. The summed E-state index contributed by atoms with van der Waals surface area (Å²) in [5.74, 6) is 0. The lowest BCUT2D eigenvalue weighted by Crippen LogP contribution is -2.07.